The number of hydrogen-bond acceptors (Lipinski definition) is 2. The molecule has 0 unspecified atom stereocenters. The normalized spacial score (nSPS) is 13.8. The molecule has 0 fully saturated rings. The number of ether oxygens (including phenoxy) is 1. The van der Waals surface area contributed by atoms with Gasteiger partial charge in [-0.2, -0.15) is 0 Å². The summed E-state index contributed by atoms with van der Waals surface area (Å²) in [5.74, 6) is 1.78. The van der Waals surface area contributed by atoms with Crippen LogP contribution in [0.15, 0.2) is 66.7 Å². The number of nitrogens with zero attached hydrogens (tertiary/aromatic N) is 1. The first kappa shape index (κ1) is 14.5. The summed E-state index contributed by atoms with van der Waals surface area (Å²) in [7, 11) is 0. The van der Waals surface area contributed by atoms with Crippen molar-refractivity contribution in [3.8, 4) is 11.5 Å². The summed E-state index contributed by atoms with van der Waals surface area (Å²) in [4.78, 5) is 5.01. The van der Waals surface area contributed by atoms with Gasteiger partial charge in [-0.3, -0.25) is 0 Å². The lowest BCUT2D eigenvalue weighted by atomic mass is 9.89. The van der Waals surface area contributed by atoms with Gasteiger partial charge in [-0.1, -0.05) is 36.4 Å². The Morgan fingerprint density at radius 3 is 2.44 bits per heavy atom. The molecule has 1 aliphatic rings. The zero-order valence-corrected chi connectivity index (χ0v) is 14.0. The van der Waals surface area contributed by atoms with E-state index in [0.29, 0.717) is 0 Å². The Balaban J connectivity index is 1.82. The third kappa shape index (κ3) is 2.45. The molecule has 3 aromatic carbocycles. The summed E-state index contributed by atoms with van der Waals surface area (Å²) < 4.78 is 6.36. The number of pyridine rings is 1. The molecule has 2 nitrogen and oxygen atoms in total. The Morgan fingerprint density at radius 2 is 1.52 bits per heavy atom. The SMILES string of the molecule is c1ccc(Oc2c3ccccc3nc3c4c(ccc23)CCCC4)cc1. The number of para-hydroxylation sites is 2. The van der Waals surface area contributed by atoms with Gasteiger partial charge in [0.05, 0.1) is 11.0 Å². The first-order chi connectivity index (χ1) is 12.4. The van der Waals surface area contributed by atoms with Crippen molar-refractivity contribution in [3.05, 3.63) is 77.9 Å². The molecule has 0 aliphatic heterocycles. The molecule has 25 heavy (non-hydrogen) atoms. The van der Waals surface area contributed by atoms with Gasteiger partial charge < -0.3 is 4.74 Å². The third-order valence-electron chi connectivity index (χ3n) is 5.09. The molecule has 0 radical (unpaired) electrons. The Kier molecular flexibility index (Phi) is 3.41. The zero-order chi connectivity index (χ0) is 16.6. The lowest BCUT2D eigenvalue weighted by Crippen LogP contribution is -2.04. The molecule has 5 rings (SSSR count). The van der Waals surface area contributed by atoms with E-state index in [4.69, 9.17) is 9.72 Å². The lowest BCUT2D eigenvalue weighted by Gasteiger charge is -2.19. The van der Waals surface area contributed by atoms with Crippen molar-refractivity contribution >= 4 is 21.8 Å². The smallest absolute Gasteiger partial charge is 0.146 e. The van der Waals surface area contributed by atoms with Crippen molar-refractivity contribution in [1.82, 2.24) is 4.98 Å². The van der Waals surface area contributed by atoms with Crippen molar-refractivity contribution < 1.29 is 4.74 Å². The van der Waals surface area contributed by atoms with Crippen LogP contribution < -0.4 is 4.74 Å². The van der Waals surface area contributed by atoms with Crippen LogP contribution in [0.5, 0.6) is 11.5 Å². The van der Waals surface area contributed by atoms with Crippen molar-refractivity contribution in [3.63, 3.8) is 0 Å². The largest absolute Gasteiger partial charge is 0.456 e. The highest BCUT2D eigenvalue weighted by Gasteiger charge is 2.18. The van der Waals surface area contributed by atoms with E-state index in [2.05, 4.69) is 24.3 Å². The fourth-order valence-electron chi connectivity index (χ4n) is 3.86. The molecule has 122 valence electrons. The van der Waals surface area contributed by atoms with Crippen LogP contribution in [0.25, 0.3) is 21.8 Å². The third-order valence-corrected chi connectivity index (χ3v) is 5.09. The average Bonchev–Trinajstić information content (AvgIpc) is 2.68. The van der Waals surface area contributed by atoms with Crippen molar-refractivity contribution in [2.45, 2.75) is 25.7 Å². The van der Waals surface area contributed by atoms with Gasteiger partial charge in [0.15, 0.2) is 0 Å². The number of hydrogen-bond donors (Lipinski definition) is 0. The number of fused-ring (bicyclic) bond motifs is 4. The number of aromatic nitrogens is 1. The zero-order valence-electron chi connectivity index (χ0n) is 14.0. The second-order valence-electron chi connectivity index (χ2n) is 6.68. The highest BCUT2D eigenvalue weighted by Crippen LogP contribution is 2.39. The monoisotopic (exact) mass is 325 g/mol. The molecule has 0 saturated carbocycles. The first-order valence-corrected chi connectivity index (χ1v) is 8.96. The molecule has 0 N–H and O–H groups in total. The van der Waals surface area contributed by atoms with E-state index >= 15 is 0 Å². The molecule has 0 bridgehead atoms. The molecular formula is C23H19NO. The standard InChI is InChI=1S/C23H19NO/c1-2-9-17(10-3-1)25-23-19-12-6-7-13-21(19)24-22-18-11-5-4-8-16(18)14-15-20(22)23/h1-3,6-7,9-10,12-15H,4-5,8,11H2. The molecule has 1 aliphatic carbocycles. The van der Waals surface area contributed by atoms with E-state index < -0.39 is 0 Å². The summed E-state index contributed by atoms with van der Waals surface area (Å²) in [6.07, 6.45) is 4.80. The Labute approximate surface area is 147 Å². The van der Waals surface area contributed by atoms with Crippen LogP contribution in [0.1, 0.15) is 24.0 Å². The highest BCUT2D eigenvalue weighted by molar-refractivity contribution is 6.02. The maximum Gasteiger partial charge on any atom is 0.146 e. The number of aryl methyl sites for hydroxylation is 2. The molecule has 0 spiro atoms. The van der Waals surface area contributed by atoms with Gasteiger partial charge in [0, 0.05) is 10.8 Å². The van der Waals surface area contributed by atoms with E-state index in [1.54, 1.807) is 0 Å². The lowest BCUT2D eigenvalue weighted by molar-refractivity contribution is 0.493. The number of rotatable bonds is 2. The van der Waals surface area contributed by atoms with Crippen LogP contribution in [-0.2, 0) is 12.8 Å². The predicted octanol–water partition coefficient (Wildman–Crippen LogP) is 6.06. The van der Waals surface area contributed by atoms with Gasteiger partial charge in [0.2, 0.25) is 0 Å². The van der Waals surface area contributed by atoms with Gasteiger partial charge >= 0.3 is 0 Å². The molecule has 4 aromatic rings. The van der Waals surface area contributed by atoms with Crippen molar-refractivity contribution in [1.29, 1.82) is 0 Å². The fraction of sp³-hybridized carbons (Fsp3) is 0.174. The average molecular weight is 325 g/mol. The van der Waals surface area contributed by atoms with Gasteiger partial charge in [0.25, 0.3) is 0 Å². The summed E-state index contributed by atoms with van der Waals surface area (Å²) in [6.45, 7) is 0. The summed E-state index contributed by atoms with van der Waals surface area (Å²) >= 11 is 0. The molecule has 0 amide bonds. The Hall–Kier alpha value is -2.87. The molecule has 0 saturated heterocycles. The van der Waals surface area contributed by atoms with E-state index in [1.165, 1.54) is 24.0 Å². The fourth-order valence-corrected chi connectivity index (χ4v) is 3.86. The van der Waals surface area contributed by atoms with Gasteiger partial charge in [0.1, 0.15) is 11.5 Å². The van der Waals surface area contributed by atoms with Crippen molar-refractivity contribution in [2.24, 2.45) is 0 Å². The Bertz CT molecular complexity index is 1070. The molecule has 0 atom stereocenters. The minimum Gasteiger partial charge on any atom is -0.456 e. The summed E-state index contributed by atoms with van der Waals surface area (Å²) in [6, 6.07) is 22.7. The first-order valence-electron chi connectivity index (χ1n) is 8.96. The maximum atomic E-state index is 6.36. The second-order valence-corrected chi connectivity index (χ2v) is 6.68. The van der Waals surface area contributed by atoms with Crippen LogP contribution in [0.3, 0.4) is 0 Å². The van der Waals surface area contributed by atoms with Gasteiger partial charge in [-0.25, -0.2) is 4.98 Å². The summed E-state index contributed by atoms with van der Waals surface area (Å²) in [5, 5.41) is 2.18. The van der Waals surface area contributed by atoms with E-state index in [-0.39, 0.29) is 0 Å². The van der Waals surface area contributed by atoms with Crippen LogP contribution >= 0.6 is 0 Å². The predicted molar refractivity (Wildman–Crippen MR) is 102 cm³/mol. The second kappa shape index (κ2) is 5.89. The van der Waals surface area contributed by atoms with Crippen molar-refractivity contribution in [2.75, 3.05) is 0 Å². The molecule has 1 heterocycles. The van der Waals surface area contributed by atoms with Crippen LogP contribution in [0.4, 0.5) is 0 Å². The van der Waals surface area contributed by atoms with Crippen LogP contribution in [0, 0.1) is 0 Å². The molecule has 2 heteroatoms. The Morgan fingerprint density at radius 1 is 0.720 bits per heavy atom. The topological polar surface area (TPSA) is 22.1 Å². The quantitative estimate of drug-likeness (QED) is 0.418. The minimum atomic E-state index is 0.859. The van der Waals surface area contributed by atoms with E-state index in [9.17, 15) is 0 Å². The van der Waals surface area contributed by atoms with E-state index in [1.807, 2.05) is 42.5 Å². The van der Waals surface area contributed by atoms with Gasteiger partial charge in [-0.05, 0) is 67.1 Å². The summed E-state index contributed by atoms with van der Waals surface area (Å²) in [5.41, 5.74) is 4.97. The van der Waals surface area contributed by atoms with E-state index in [0.717, 1.165) is 46.1 Å². The highest BCUT2D eigenvalue weighted by atomic mass is 16.5. The minimum absolute atomic E-state index is 0.859. The number of benzene rings is 3. The van der Waals surface area contributed by atoms with Crippen LogP contribution in [0.2, 0.25) is 0 Å². The van der Waals surface area contributed by atoms with Crippen LogP contribution in [-0.4, -0.2) is 4.98 Å². The maximum absolute atomic E-state index is 6.36. The van der Waals surface area contributed by atoms with Gasteiger partial charge in [-0.15, -0.1) is 0 Å². The molecule has 1 aromatic heterocycles. The molecular weight excluding hydrogens is 306 g/mol.